The molecule has 0 N–H and O–H groups in total. The molecular weight excluding hydrogens is 340 g/mol. The van der Waals surface area contributed by atoms with Crippen molar-refractivity contribution in [1.29, 1.82) is 0 Å². The van der Waals surface area contributed by atoms with Crippen molar-refractivity contribution in [2.24, 2.45) is 7.05 Å². The number of carbonyl (C=O) groups excluding carboxylic acids is 1. The number of thiocarbonyl (C=S) groups is 1. The van der Waals surface area contributed by atoms with Crippen molar-refractivity contribution in [3.8, 4) is 0 Å². The molecule has 0 spiro atoms. The fourth-order valence-electron chi connectivity index (χ4n) is 3.14. The van der Waals surface area contributed by atoms with Crippen molar-refractivity contribution >= 4 is 40.8 Å². The number of hydrogen-bond acceptors (Lipinski definition) is 4. The first kappa shape index (κ1) is 15.7. The van der Waals surface area contributed by atoms with Crippen LogP contribution in [0.15, 0.2) is 30.3 Å². The van der Waals surface area contributed by atoms with Crippen LogP contribution in [0.5, 0.6) is 0 Å². The van der Waals surface area contributed by atoms with Gasteiger partial charge in [-0.25, -0.2) is 4.90 Å². The molecule has 2 saturated heterocycles. The molecule has 1 amide bonds. The van der Waals surface area contributed by atoms with E-state index in [0.717, 1.165) is 11.4 Å². The van der Waals surface area contributed by atoms with Gasteiger partial charge in [0, 0.05) is 24.6 Å². The van der Waals surface area contributed by atoms with Gasteiger partial charge in [-0.2, -0.15) is 5.10 Å². The predicted molar refractivity (Wildman–Crippen MR) is 100 cm³/mol. The second-order valence-electron chi connectivity index (χ2n) is 6.24. The first-order chi connectivity index (χ1) is 11.5. The summed E-state index contributed by atoms with van der Waals surface area (Å²) in [5.41, 5.74) is 3.41. The van der Waals surface area contributed by atoms with Crippen molar-refractivity contribution in [3.63, 3.8) is 0 Å². The van der Waals surface area contributed by atoms with Gasteiger partial charge >= 0.3 is 0 Å². The summed E-state index contributed by atoms with van der Waals surface area (Å²) in [6, 6.07) is 10.1. The summed E-state index contributed by atoms with van der Waals surface area (Å²) in [5.74, 6) is 1.40. The van der Waals surface area contributed by atoms with E-state index in [9.17, 15) is 4.79 Å². The number of nitrogens with zero attached hydrogens (tertiary/aromatic N) is 4. The van der Waals surface area contributed by atoms with Gasteiger partial charge in [0.1, 0.15) is 11.4 Å². The zero-order valence-corrected chi connectivity index (χ0v) is 15.4. The Morgan fingerprint density at radius 1 is 1.25 bits per heavy atom. The highest BCUT2D eigenvalue weighted by Crippen LogP contribution is 2.46. The number of aryl methyl sites for hydroxylation is 3. The Balaban J connectivity index is 1.68. The number of benzene rings is 1. The summed E-state index contributed by atoms with van der Waals surface area (Å²) in [4.78, 5) is 16.5. The Hall–Kier alpha value is -1.86. The molecule has 0 radical (unpaired) electrons. The van der Waals surface area contributed by atoms with Crippen molar-refractivity contribution < 1.29 is 4.79 Å². The van der Waals surface area contributed by atoms with Crippen LogP contribution < -0.4 is 4.90 Å². The maximum Gasteiger partial charge on any atom is 0.258 e. The first-order valence-corrected chi connectivity index (χ1v) is 9.28. The Labute approximate surface area is 150 Å². The van der Waals surface area contributed by atoms with Crippen LogP contribution in [0.1, 0.15) is 22.2 Å². The topological polar surface area (TPSA) is 41.4 Å². The van der Waals surface area contributed by atoms with Crippen molar-refractivity contribution in [1.82, 2.24) is 14.7 Å². The van der Waals surface area contributed by atoms with Gasteiger partial charge in [-0.05, 0) is 31.6 Å². The Bertz CT molecular complexity index is 810. The number of hydrogen-bond donors (Lipinski definition) is 0. The van der Waals surface area contributed by atoms with Crippen LogP contribution in [0.4, 0.5) is 5.82 Å². The minimum absolute atomic E-state index is 0.0280. The Morgan fingerprint density at radius 2 is 1.96 bits per heavy atom. The average Bonchev–Trinajstić information content (AvgIpc) is 3.18. The van der Waals surface area contributed by atoms with E-state index in [0.29, 0.717) is 10.9 Å². The Morgan fingerprint density at radius 3 is 2.58 bits per heavy atom. The largest absolute Gasteiger partial charge is 0.319 e. The smallest absolute Gasteiger partial charge is 0.258 e. The lowest BCUT2D eigenvalue weighted by Gasteiger charge is -2.25. The standard InChI is InChI=1S/C17H18N4OS2/c1-10-4-6-12(7-5-10)16-20-13(9-24-16)15(22)21(17(20)23)14-8-11(2)19(3)18-14/h4-8,13,16H,9H2,1-3H3/t13-,16-/m1/s1. The SMILES string of the molecule is Cc1ccc([C@H]2SC[C@@H]3C(=O)N(c4cc(C)n(C)n4)C(=S)N32)cc1. The number of carbonyl (C=O) groups is 1. The molecule has 0 aliphatic carbocycles. The quantitative estimate of drug-likeness (QED) is 0.772. The van der Waals surface area contributed by atoms with Crippen LogP contribution in [0.25, 0.3) is 0 Å². The third kappa shape index (κ3) is 2.26. The Kier molecular flexibility index (Phi) is 3.65. The van der Waals surface area contributed by atoms with Gasteiger partial charge in [-0.15, -0.1) is 11.8 Å². The third-order valence-corrected chi connectivity index (χ3v) is 6.33. The van der Waals surface area contributed by atoms with Crippen LogP contribution in [-0.4, -0.2) is 37.5 Å². The zero-order valence-electron chi connectivity index (χ0n) is 13.8. The molecule has 1 aromatic carbocycles. The van der Waals surface area contributed by atoms with Crippen LogP contribution >= 0.6 is 24.0 Å². The molecule has 2 aromatic rings. The number of thioether (sulfide) groups is 1. The third-order valence-electron chi connectivity index (χ3n) is 4.61. The first-order valence-electron chi connectivity index (χ1n) is 7.82. The molecule has 24 heavy (non-hydrogen) atoms. The molecule has 0 bridgehead atoms. The molecule has 2 aliphatic rings. The van der Waals surface area contributed by atoms with Crippen LogP contribution in [0, 0.1) is 13.8 Å². The highest BCUT2D eigenvalue weighted by atomic mass is 32.2. The van der Waals surface area contributed by atoms with Gasteiger partial charge in [0.25, 0.3) is 5.91 Å². The molecule has 0 saturated carbocycles. The summed E-state index contributed by atoms with van der Waals surface area (Å²) in [5, 5.41) is 5.07. The lowest BCUT2D eigenvalue weighted by atomic mass is 10.1. The van der Waals surface area contributed by atoms with E-state index in [4.69, 9.17) is 12.2 Å². The predicted octanol–water partition coefficient (Wildman–Crippen LogP) is 2.78. The molecule has 2 fully saturated rings. The van der Waals surface area contributed by atoms with E-state index >= 15 is 0 Å². The van der Waals surface area contributed by atoms with Gasteiger partial charge in [0.15, 0.2) is 10.9 Å². The van der Waals surface area contributed by atoms with E-state index in [2.05, 4.69) is 41.2 Å². The van der Waals surface area contributed by atoms with Crippen molar-refractivity contribution in [3.05, 3.63) is 47.2 Å². The van der Waals surface area contributed by atoms with E-state index in [1.165, 1.54) is 11.1 Å². The van der Waals surface area contributed by atoms with Crippen molar-refractivity contribution in [2.45, 2.75) is 25.3 Å². The molecule has 1 aromatic heterocycles. The van der Waals surface area contributed by atoms with E-state index < -0.39 is 0 Å². The fourth-order valence-corrected chi connectivity index (χ4v) is 5.05. The highest BCUT2D eigenvalue weighted by Gasteiger charge is 2.51. The lowest BCUT2D eigenvalue weighted by Crippen LogP contribution is -2.33. The lowest BCUT2D eigenvalue weighted by molar-refractivity contribution is -0.119. The number of rotatable bonds is 2. The fraction of sp³-hybridized carbons (Fsp3) is 0.353. The number of fused-ring (bicyclic) bond motifs is 1. The average molecular weight is 358 g/mol. The van der Waals surface area contributed by atoms with E-state index in [1.54, 1.807) is 21.3 Å². The van der Waals surface area contributed by atoms with E-state index in [-0.39, 0.29) is 17.3 Å². The van der Waals surface area contributed by atoms with Gasteiger partial charge in [0.2, 0.25) is 0 Å². The van der Waals surface area contributed by atoms with Crippen LogP contribution in [-0.2, 0) is 11.8 Å². The summed E-state index contributed by atoms with van der Waals surface area (Å²) in [6.07, 6.45) is 0. The monoisotopic (exact) mass is 358 g/mol. The maximum absolute atomic E-state index is 12.9. The number of amides is 1. The summed E-state index contributed by atoms with van der Waals surface area (Å²) in [7, 11) is 1.87. The molecule has 0 unspecified atom stereocenters. The molecule has 7 heteroatoms. The van der Waals surface area contributed by atoms with Crippen molar-refractivity contribution in [2.75, 3.05) is 10.7 Å². The summed E-state index contributed by atoms with van der Waals surface area (Å²) in [6.45, 7) is 4.04. The second kappa shape index (κ2) is 5.60. The minimum Gasteiger partial charge on any atom is -0.319 e. The summed E-state index contributed by atoms with van der Waals surface area (Å²) < 4.78 is 1.76. The van der Waals surface area contributed by atoms with Crippen LogP contribution in [0.3, 0.4) is 0 Å². The molecule has 2 aliphatic heterocycles. The number of anilines is 1. The molecule has 124 valence electrons. The van der Waals surface area contributed by atoms with Gasteiger partial charge in [-0.1, -0.05) is 29.8 Å². The number of aromatic nitrogens is 2. The summed E-state index contributed by atoms with van der Waals surface area (Å²) >= 11 is 7.43. The molecule has 3 heterocycles. The highest BCUT2D eigenvalue weighted by molar-refractivity contribution is 7.99. The molecule has 4 rings (SSSR count). The molecule has 2 atom stereocenters. The zero-order chi connectivity index (χ0) is 17.0. The maximum atomic E-state index is 12.9. The van der Waals surface area contributed by atoms with Gasteiger partial charge in [0.05, 0.1) is 0 Å². The van der Waals surface area contributed by atoms with Crippen LogP contribution in [0.2, 0.25) is 0 Å². The van der Waals surface area contributed by atoms with E-state index in [1.807, 2.05) is 20.0 Å². The second-order valence-corrected chi connectivity index (χ2v) is 7.72. The van der Waals surface area contributed by atoms with Gasteiger partial charge < -0.3 is 4.90 Å². The molecular formula is C17H18N4OS2. The minimum atomic E-state index is -0.198. The molecule has 5 nitrogen and oxygen atoms in total. The van der Waals surface area contributed by atoms with Gasteiger partial charge in [-0.3, -0.25) is 9.48 Å². The normalized spacial score (nSPS) is 23.3.